The largest absolute Gasteiger partial charge is 0.481 e. The van der Waals surface area contributed by atoms with Crippen LogP contribution >= 0.6 is 0 Å². The van der Waals surface area contributed by atoms with E-state index in [4.69, 9.17) is 9.84 Å². The van der Waals surface area contributed by atoms with Crippen LogP contribution in [-0.4, -0.2) is 47.0 Å². The minimum atomic E-state index is -4.31. The normalized spacial score (nSPS) is 15.7. The van der Waals surface area contributed by atoms with Gasteiger partial charge in [-0.25, -0.2) is 18.3 Å². The maximum absolute atomic E-state index is 13.6. The van der Waals surface area contributed by atoms with Crippen LogP contribution in [0.1, 0.15) is 38.5 Å². The first-order valence-corrected chi connectivity index (χ1v) is 11.9. The zero-order valence-corrected chi connectivity index (χ0v) is 18.6. The number of rotatable bonds is 9. The van der Waals surface area contributed by atoms with Crippen LogP contribution in [0.5, 0.6) is 11.5 Å². The van der Waals surface area contributed by atoms with Crippen LogP contribution in [0.15, 0.2) is 53.4 Å². The van der Waals surface area contributed by atoms with Crippen LogP contribution in [0.2, 0.25) is 0 Å². The molecule has 11 heteroatoms. The summed E-state index contributed by atoms with van der Waals surface area (Å²) >= 11 is 0. The van der Waals surface area contributed by atoms with E-state index in [9.17, 15) is 27.6 Å². The predicted molar refractivity (Wildman–Crippen MR) is 115 cm³/mol. The third-order valence-corrected chi connectivity index (χ3v) is 7.65. The molecule has 1 aliphatic rings. The van der Waals surface area contributed by atoms with Gasteiger partial charge < -0.3 is 9.84 Å². The molecule has 3 N–H and O–H groups in total. The quantitative estimate of drug-likeness (QED) is 0.370. The lowest BCUT2D eigenvalue weighted by atomic mass is 9.81. The van der Waals surface area contributed by atoms with Crippen molar-refractivity contribution in [2.45, 2.75) is 49.0 Å². The lowest BCUT2D eigenvalue weighted by molar-refractivity contribution is -0.143. The smallest absolute Gasteiger partial charge is 0.304 e. The van der Waals surface area contributed by atoms with E-state index in [2.05, 4.69) is 0 Å². The number of carbonyl (C=O) groups excluding carboxylic acids is 1. The molecule has 3 rings (SSSR count). The molecule has 0 saturated heterocycles. The number of halogens is 1. The number of ether oxygens (including phenoxy) is 1. The number of nitrogens with one attached hydrogen (secondary N) is 1. The molecule has 9 nitrogen and oxygen atoms in total. The fourth-order valence-electron chi connectivity index (χ4n) is 4.04. The SMILES string of the molecule is O=C(O)CCN(C1(C(=O)NO)CCCCC1)S(=O)(=O)c1ccc(Oc2ccc(F)cc2)cc1. The van der Waals surface area contributed by atoms with E-state index < -0.39 is 46.2 Å². The zero-order valence-electron chi connectivity index (χ0n) is 17.7. The number of hydrogen-bond donors (Lipinski definition) is 3. The molecule has 0 spiro atoms. The summed E-state index contributed by atoms with van der Waals surface area (Å²) in [6.45, 7) is -0.432. The Balaban J connectivity index is 1.94. The Morgan fingerprint density at radius 3 is 2.06 bits per heavy atom. The van der Waals surface area contributed by atoms with Gasteiger partial charge in [0.15, 0.2) is 0 Å². The molecule has 0 aliphatic heterocycles. The first-order chi connectivity index (χ1) is 15.7. The van der Waals surface area contributed by atoms with E-state index in [1.165, 1.54) is 48.5 Å². The predicted octanol–water partition coefficient (Wildman–Crippen LogP) is 3.29. The summed E-state index contributed by atoms with van der Waals surface area (Å²) in [5.41, 5.74) is -0.0243. The van der Waals surface area contributed by atoms with E-state index in [0.717, 1.165) is 10.7 Å². The van der Waals surface area contributed by atoms with Gasteiger partial charge in [0.25, 0.3) is 5.91 Å². The summed E-state index contributed by atoms with van der Waals surface area (Å²) in [4.78, 5) is 23.7. The maximum Gasteiger partial charge on any atom is 0.304 e. The van der Waals surface area contributed by atoms with E-state index in [0.29, 0.717) is 24.3 Å². The summed E-state index contributed by atoms with van der Waals surface area (Å²) in [6, 6.07) is 10.7. The summed E-state index contributed by atoms with van der Waals surface area (Å²) in [5, 5.41) is 18.5. The molecule has 0 radical (unpaired) electrons. The van der Waals surface area contributed by atoms with E-state index in [-0.39, 0.29) is 17.7 Å². The zero-order chi connectivity index (χ0) is 24.1. The fourth-order valence-corrected chi connectivity index (χ4v) is 5.83. The number of carbonyl (C=O) groups is 2. The highest BCUT2D eigenvalue weighted by molar-refractivity contribution is 7.89. The molecule has 2 aromatic carbocycles. The van der Waals surface area contributed by atoms with Crippen molar-refractivity contribution in [3.05, 3.63) is 54.3 Å². The third-order valence-electron chi connectivity index (χ3n) is 5.67. The second kappa shape index (κ2) is 10.3. The Morgan fingerprint density at radius 2 is 1.55 bits per heavy atom. The van der Waals surface area contributed by atoms with Gasteiger partial charge in [-0.2, -0.15) is 4.31 Å². The maximum atomic E-state index is 13.6. The Hall–Kier alpha value is -3.02. The lowest BCUT2D eigenvalue weighted by Gasteiger charge is -2.43. The van der Waals surface area contributed by atoms with Crippen molar-refractivity contribution < 1.29 is 37.4 Å². The first kappa shape index (κ1) is 24.6. The lowest BCUT2D eigenvalue weighted by Crippen LogP contribution is -2.61. The van der Waals surface area contributed by atoms with Gasteiger partial charge in [0.1, 0.15) is 22.9 Å². The van der Waals surface area contributed by atoms with Gasteiger partial charge in [0.2, 0.25) is 10.0 Å². The molecule has 1 fully saturated rings. The van der Waals surface area contributed by atoms with Crippen LogP contribution in [0, 0.1) is 5.82 Å². The van der Waals surface area contributed by atoms with E-state index in [1.807, 2.05) is 0 Å². The van der Waals surface area contributed by atoms with Crippen LogP contribution < -0.4 is 10.2 Å². The Morgan fingerprint density at radius 1 is 1.00 bits per heavy atom. The number of carboxylic acid groups (broad SMARTS) is 1. The van der Waals surface area contributed by atoms with Crippen LogP contribution in [0.3, 0.4) is 0 Å². The highest BCUT2D eigenvalue weighted by Gasteiger charge is 2.50. The number of aliphatic carboxylic acids is 1. The molecule has 2 aromatic rings. The van der Waals surface area contributed by atoms with E-state index >= 15 is 0 Å². The summed E-state index contributed by atoms with van der Waals surface area (Å²) < 4.78 is 46.7. The summed E-state index contributed by atoms with van der Waals surface area (Å²) in [5.74, 6) is -1.86. The van der Waals surface area contributed by atoms with E-state index in [1.54, 1.807) is 5.48 Å². The van der Waals surface area contributed by atoms with Crippen molar-refractivity contribution in [1.29, 1.82) is 0 Å². The molecular weight excluding hydrogens is 455 g/mol. The Bertz CT molecular complexity index is 1080. The van der Waals surface area contributed by atoms with Gasteiger partial charge in [-0.1, -0.05) is 19.3 Å². The molecule has 0 heterocycles. The highest BCUT2D eigenvalue weighted by atomic mass is 32.2. The minimum absolute atomic E-state index is 0.157. The molecule has 1 aliphatic carbocycles. The van der Waals surface area contributed by atoms with Crippen molar-refractivity contribution in [2.75, 3.05) is 6.54 Å². The van der Waals surface area contributed by atoms with Gasteiger partial charge in [-0.05, 0) is 61.4 Å². The van der Waals surface area contributed by atoms with Crippen molar-refractivity contribution in [3.8, 4) is 11.5 Å². The molecule has 33 heavy (non-hydrogen) atoms. The second-order valence-corrected chi connectivity index (χ2v) is 9.64. The summed E-state index contributed by atoms with van der Waals surface area (Å²) in [7, 11) is -4.31. The third kappa shape index (κ3) is 5.49. The molecule has 0 aromatic heterocycles. The number of hydrogen-bond acceptors (Lipinski definition) is 6. The molecule has 0 atom stereocenters. The topological polar surface area (TPSA) is 133 Å². The van der Waals surface area contributed by atoms with Gasteiger partial charge in [-0.15, -0.1) is 0 Å². The van der Waals surface area contributed by atoms with Crippen molar-refractivity contribution >= 4 is 21.9 Å². The number of nitrogens with zero attached hydrogens (tertiary/aromatic N) is 1. The molecular formula is C22H25FN2O7S. The molecule has 1 saturated carbocycles. The number of hydroxylamine groups is 1. The fraction of sp³-hybridized carbons (Fsp3) is 0.364. The van der Waals surface area contributed by atoms with Gasteiger partial charge >= 0.3 is 5.97 Å². The van der Waals surface area contributed by atoms with Crippen molar-refractivity contribution in [2.24, 2.45) is 0 Å². The van der Waals surface area contributed by atoms with Crippen molar-refractivity contribution in [1.82, 2.24) is 9.79 Å². The molecule has 1 amide bonds. The first-order valence-electron chi connectivity index (χ1n) is 10.4. The number of amides is 1. The summed E-state index contributed by atoms with van der Waals surface area (Å²) in [6.07, 6.45) is 1.70. The average Bonchev–Trinajstić information content (AvgIpc) is 2.80. The molecule has 0 bridgehead atoms. The van der Waals surface area contributed by atoms with Crippen molar-refractivity contribution in [3.63, 3.8) is 0 Å². The standard InChI is InChI=1S/C22H25FN2O7S/c23-16-4-6-17(7-5-16)32-18-8-10-19(11-9-18)33(30,31)25(15-12-20(26)27)22(21(28)24-29)13-2-1-3-14-22/h4-11,29H,1-3,12-15H2,(H,24,28)(H,26,27). The Labute approximate surface area is 190 Å². The van der Waals surface area contributed by atoms with Crippen LogP contribution in [0.4, 0.5) is 4.39 Å². The Kier molecular flexibility index (Phi) is 7.67. The molecule has 178 valence electrons. The van der Waals surface area contributed by atoms with Crippen LogP contribution in [-0.2, 0) is 19.6 Å². The second-order valence-electron chi connectivity index (χ2n) is 7.78. The number of benzene rings is 2. The number of carboxylic acids is 1. The van der Waals surface area contributed by atoms with Gasteiger partial charge in [0.05, 0.1) is 11.3 Å². The highest BCUT2D eigenvalue weighted by Crippen LogP contribution is 2.38. The van der Waals surface area contributed by atoms with Gasteiger partial charge in [-0.3, -0.25) is 14.8 Å². The van der Waals surface area contributed by atoms with Gasteiger partial charge in [0, 0.05) is 6.54 Å². The minimum Gasteiger partial charge on any atom is -0.481 e. The number of sulfonamides is 1. The monoisotopic (exact) mass is 480 g/mol. The average molecular weight is 481 g/mol. The molecule has 0 unspecified atom stereocenters. The van der Waals surface area contributed by atoms with Crippen LogP contribution in [0.25, 0.3) is 0 Å².